The summed E-state index contributed by atoms with van der Waals surface area (Å²) in [5, 5.41) is 7.48. The van der Waals surface area contributed by atoms with E-state index in [0.29, 0.717) is 25.9 Å². The van der Waals surface area contributed by atoms with E-state index in [-0.39, 0.29) is 11.8 Å². The molecule has 7 heteroatoms. The van der Waals surface area contributed by atoms with Gasteiger partial charge in [-0.3, -0.25) is 14.5 Å². The van der Waals surface area contributed by atoms with Crippen LogP contribution in [0.15, 0.2) is 30.3 Å². The van der Waals surface area contributed by atoms with Crippen molar-refractivity contribution in [2.75, 3.05) is 29.4 Å². The topological polar surface area (TPSA) is 70.5 Å². The number of fused-ring (bicyclic) bond motifs is 1. The van der Waals surface area contributed by atoms with Crippen molar-refractivity contribution in [1.82, 2.24) is 15.1 Å². The molecular weight excluding hydrogens is 378 g/mol. The monoisotopic (exact) mass is 411 g/mol. The fourth-order valence-corrected chi connectivity index (χ4v) is 4.05. The molecule has 7 nitrogen and oxygen atoms in total. The second kappa shape index (κ2) is 9.78. The first kappa shape index (κ1) is 21.9. The van der Waals surface area contributed by atoms with Crippen molar-refractivity contribution in [2.45, 2.75) is 59.5 Å². The molecule has 0 radical (unpaired) electrons. The predicted molar refractivity (Wildman–Crippen MR) is 120 cm³/mol. The summed E-state index contributed by atoms with van der Waals surface area (Å²) in [5.74, 6) is 0.611. The Morgan fingerprint density at radius 3 is 2.77 bits per heavy atom. The third-order valence-corrected chi connectivity index (χ3v) is 5.59. The van der Waals surface area contributed by atoms with E-state index in [2.05, 4.69) is 53.4 Å². The lowest BCUT2D eigenvalue weighted by Gasteiger charge is -2.33. The van der Waals surface area contributed by atoms with Gasteiger partial charge in [-0.1, -0.05) is 19.1 Å². The molecule has 0 spiro atoms. The molecule has 1 atom stereocenters. The van der Waals surface area contributed by atoms with Gasteiger partial charge in [-0.15, -0.1) is 0 Å². The van der Waals surface area contributed by atoms with Crippen LogP contribution in [0.2, 0.25) is 0 Å². The van der Waals surface area contributed by atoms with Gasteiger partial charge in [-0.25, -0.2) is 4.68 Å². The van der Waals surface area contributed by atoms with Crippen LogP contribution in [0.3, 0.4) is 0 Å². The summed E-state index contributed by atoms with van der Waals surface area (Å²) in [6.07, 6.45) is 1.78. The lowest BCUT2D eigenvalue weighted by Crippen LogP contribution is -2.52. The Morgan fingerprint density at radius 2 is 2.07 bits per heavy atom. The largest absolute Gasteiger partial charge is 0.372 e. The number of nitrogens with zero attached hydrogens (tertiary/aromatic N) is 4. The summed E-state index contributed by atoms with van der Waals surface area (Å²) >= 11 is 0. The zero-order valence-electron chi connectivity index (χ0n) is 18.5. The van der Waals surface area contributed by atoms with Gasteiger partial charge in [0.25, 0.3) is 0 Å². The Kier molecular flexibility index (Phi) is 7.13. The highest BCUT2D eigenvalue weighted by Crippen LogP contribution is 2.26. The minimum atomic E-state index is -0.508. The molecule has 1 aliphatic rings. The highest BCUT2D eigenvalue weighted by atomic mass is 16.2. The average Bonchev–Trinajstić information content (AvgIpc) is 3.10. The number of aryl methyl sites for hydroxylation is 3. The molecule has 0 saturated carbocycles. The van der Waals surface area contributed by atoms with Crippen molar-refractivity contribution < 1.29 is 9.59 Å². The summed E-state index contributed by atoms with van der Waals surface area (Å²) < 4.78 is 1.83. The van der Waals surface area contributed by atoms with E-state index in [0.717, 1.165) is 31.0 Å². The Morgan fingerprint density at radius 1 is 1.27 bits per heavy atom. The van der Waals surface area contributed by atoms with Crippen molar-refractivity contribution >= 4 is 23.3 Å². The molecular formula is C23H33N5O2. The van der Waals surface area contributed by atoms with Gasteiger partial charge in [-0.2, -0.15) is 5.10 Å². The fraction of sp³-hybridized carbons (Fsp3) is 0.522. The van der Waals surface area contributed by atoms with Crippen LogP contribution < -0.4 is 15.1 Å². The standard InChI is InChI=1S/C23H33N5O2/c1-5-20(28-21-16-18(4)25-27(21)14-11-22(28)29)23(30)24-12-8-13-26(6-2)19-10-7-9-17(3)15-19/h7,9-10,15-16,20H,5-6,8,11-14H2,1-4H3,(H,24,30)/t20-/m0/s1. The summed E-state index contributed by atoms with van der Waals surface area (Å²) in [6.45, 7) is 11.0. The van der Waals surface area contributed by atoms with Crippen molar-refractivity contribution in [1.29, 1.82) is 0 Å². The van der Waals surface area contributed by atoms with Gasteiger partial charge in [0, 0.05) is 37.8 Å². The van der Waals surface area contributed by atoms with Crippen LogP contribution in [0.1, 0.15) is 44.4 Å². The van der Waals surface area contributed by atoms with Crippen LogP contribution in [0, 0.1) is 13.8 Å². The van der Waals surface area contributed by atoms with Crippen LogP contribution in [0.4, 0.5) is 11.5 Å². The molecule has 1 aliphatic heterocycles. The third kappa shape index (κ3) is 4.83. The fourth-order valence-electron chi connectivity index (χ4n) is 4.05. The van der Waals surface area contributed by atoms with Crippen molar-refractivity contribution in [3.05, 3.63) is 41.6 Å². The maximum Gasteiger partial charge on any atom is 0.243 e. The van der Waals surface area contributed by atoms with Crippen LogP contribution in [0.5, 0.6) is 0 Å². The minimum absolute atomic E-state index is 0.0130. The number of amides is 2. The highest BCUT2D eigenvalue weighted by molar-refractivity contribution is 6.00. The molecule has 2 amide bonds. The van der Waals surface area contributed by atoms with Gasteiger partial charge in [0.2, 0.25) is 11.8 Å². The third-order valence-electron chi connectivity index (χ3n) is 5.59. The number of rotatable bonds is 9. The maximum atomic E-state index is 12.9. The van der Waals surface area contributed by atoms with Gasteiger partial charge in [-0.05, 0) is 51.3 Å². The zero-order valence-corrected chi connectivity index (χ0v) is 18.5. The van der Waals surface area contributed by atoms with Gasteiger partial charge in [0.1, 0.15) is 11.9 Å². The van der Waals surface area contributed by atoms with Crippen LogP contribution in [-0.4, -0.2) is 47.3 Å². The normalized spacial score (nSPS) is 14.4. The van der Waals surface area contributed by atoms with E-state index in [1.165, 1.54) is 11.3 Å². The Hall–Kier alpha value is -2.83. The number of benzene rings is 1. The quantitative estimate of drug-likeness (QED) is 0.644. The number of anilines is 2. The van der Waals surface area contributed by atoms with Gasteiger partial charge in [0.05, 0.1) is 12.2 Å². The van der Waals surface area contributed by atoms with E-state index < -0.39 is 6.04 Å². The van der Waals surface area contributed by atoms with E-state index in [9.17, 15) is 9.59 Å². The molecule has 0 aliphatic carbocycles. The first-order valence-corrected chi connectivity index (χ1v) is 10.9. The molecule has 0 unspecified atom stereocenters. The van der Waals surface area contributed by atoms with E-state index in [1.54, 1.807) is 4.90 Å². The molecule has 2 aromatic rings. The molecule has 162 valence electrons. The second-order valence-electron chi connectivity index (χ2n) is 7.87. The Labute approximate surface area is 179 Å². The van der Waals surface area contributed by atoms with Crippen molar-refractivity contribution in [3.63, 3.8) is 0 Å². The first-order valence-electron chi connectivity index (χ1n) is 10.9. The number of carbonyl (C=O) groups excluding carboxylic acids is 2. The molecule has 3 rings (SSSR count). The number of hydrogen-bond acceptors (Lipinski definition) is 4. The first-order chi connectivity index (χ1) is 14.4. The molecule has 1 aromatic carbocycles. The number of hydrogen-bond donors (Lipinski definition) is 1. The number of carbonyl (C=O) groups is 2. The molecule has 0 bridgehead atoms. The lowest BCUT2D eigenvalue weighted by atomic mass is 10.1. The smallest absolute Gasteiger partial charge is 0.243 e. The van der Waals surface area contributed by atoms with E-state index >= 15 is 0 Å². The number of nitrogens with one attached hydrogen (secondary N) is 1. The molecule has 0 saturated heterocycles. The van der Waals surface area contributed by atoms with Crippen molar-refractivity contribution in [2.24, 2.45) is 0 Å². The summed E-state index contributed by atoms with van der Waals surface area (Å²) in [6, 6.07) is 9.85. The summed E-state index contributed by atoms with van der Waals surface area (Å²) in [7, 11) is 0. The van der Waals surface area contributed by atoms with Crippen LogP contribution in [-0.2, 0) is 16.1 Å². The van der Waals surface area contributed by atoms with Crippen LogP contribution >= 0.6 is 0 Å². The Balaban J connectivity index is 1.57. The van der Waals surface area contributed by atoms with Gasteiger partial charge < -0.3 is 10.2 Å². The number of aromatic nitrogens is 2. The lowest BCUT2D eigenvalue weighted by molar-refractivity contribution is -0.127. The second-order valence-corrected chi connectivity index (χ2v) is 7.87. The average molecular weight is 412 g/mol. The maximum absolute atomic E-state index is 12.9. The van der Waals surface area contributed by atoms with E-state index in [4.69, 9.17) is 0 Å². The van der Waals surface area contributed by atoms with Gasteiger partial charge >= 0.3 is 0 Å². The molecule has 1 aromatic heterocycles. The van der Waals surface area contributed by atoms with E-state index in [1.807, 2.05) is 24.6 Å². The molecule has 0 fully saturated rings. The SMILES string of the molecule is CC[C@@H](C(=O)NCCCN(CC)c1cccc(C)c1)N1C(=O)CCn2nc(C)cc21. The summed E-state index contributed by atoms with van der Waals surface area (Å²) in [5.41, 5.74) is 3.30. The molecule has 1 N–H and O–H groups in total. The Bertz CT molecular complexity index is 891. The molecule has 2 heterocycles. The minimum Gasteiger partial charge on any atom is -0.372 e. The highest BCUT2D eigenvalue weighted by Gasteiger charge is 2.34. The van der Waals surface area contributed by atoms with Crippen LogP contribution in [0.25, 0.3) is 0 Å². The van der Waals surface area contributed by atoms with Gasteiger partial charge in [0.15, 0.2) is 0 Å². The summed E-state index contributed by atoms with van der Waals surface area (Å²) in [4.78, 5) is 29.5. The van der Waals surface area contributed by atoms with Crippen molar-refractivity contribution in [3.8, 4) is 0 Å². The zero-order chi connectivity index (χ0) is 21.7. The predicted octanol–water partition coefficient (Wildman–Crippen LogP) is 3.05. The molecule has 30 heavy (non-hydrogen) atoms.